The first-order chi connectivity index (χ1) is 13.3. The van der Waals surface area contributed by atoms with E-state index in [1.54, 1.807) is 18.2 Å². The molecule has 10 heteroatoms. The summed E-state index contributed by atoms with van der Waals surface area (Å²) in [5, 5.41) is 11.2. The van der Waals surface area contributed by atoms with Gasteiger partial charge in [0.25, 0.3) is 16.8 Å². The number of nitrogens with zero attached hydrogens (tertiary/aromatic N) is 2. The first kappa shape index (κ1) is 20.2. The fourth-order valence-corrected chi connectivity index (χ4v) is 3.91. The zero-order valence-corrected chi connectivity index (χ0v) is 16.7. The van der Waals surface area contributed by atoms with Crippen LogP contribution in [-0.2, 0) is 11.3 Å². The van der Waals surface area contributed by atoms with Crippen molar-refractivity contribution in [2.45, 2.75) is 6.54 Å². The number of halogens is 2. The molecule has 0 bridgehead atoms. The van der Waals surface area contributed by atoms with Gasteiger partial charge in [-0.1, -0.05) is 29.3 Å². The predicted molar refractivity (Wildman–Crippen MR) is 108 cm³/mol. The lowest BCUT2D eigenvalue weighted by Gasteiger charge is -2.14. The minimum atomic E-state index is -0.554. The van der Waals surface area contributed by atoms with E-state index >= 15 is 0 Å². The number of amides is 2. The van der Waals surface area contributed by atoms with E-state index in [9.17, 15) is 19.7 Å². The number of methoxy groups -OCH3 is 1. The molecule has 0 unspecified atom stereocenters. The summed E-state index contributed by atoms with van der Waals surface area (Å²) in [5.74, 6) is -0.203. The molecule has 1 saturated heterocycles. The summed E-state index contributed by atoms with van der Waals surface area (Å²) in [6, 6.07) is 8.89. The Labute approximate surface area is 174 Å². The Morgan fingerprint density at radius 3 is 2.50 bits per heavy atom. The molecule has 1 fully saturated rings. The van der Waals surface area contributed by atoms with Gasteiger partial charge in [-0.05, 0) is 36.0 Å². The van der Waals surface area contributed by atoms with Gasteiger partial charge in [-0.15, -0.1) is 0 Å². The predicted octanol–water partition coefficient (Wildman–Crippen LogP) is 5.15. The number of imide groups is 1. The molecule has 0 atom stereocenters. The number of hydrogen-bond acceptors (Lipinski definition) is 6. The van der Waals surface area contributed by atoms with Crippen LogP contribution in [-0.4, -0.2) is 28.1 Å². The van der Waals surface area contributed by atoms with Crippen LogP contribution < -0.4 is 4.74 Å². The second-order valence-electron chi connectivity index (χ2n) is 5.65. The first-order valence-electron chi connectivity index (χ1n) is 7.82. The molecule has 0 aromatic heterocycles. The van der Waals surface area contributed by atoms with Gasteiger partial charge in [-0.25, -0.2) is 0 Å². The average Bonchev–Trinajstić information content (AvgIpc) is 2.91. The van der Waals surface area contributed by atoms with E-state index in [1.165, 1.54) is 31.4 Å². The van der Waals surface area contributed by atoms with E-state index in [0.717, 1.165) is 16.7 Å². The number of non-ortho nitro benzene ring substituents is 1. The lowest BCUT2D eigenvalue weighted by Crippen LogP contribution is -2.27. The van der Waals surface area contributed by atoms with Gasteiger partial charge in [0, 0.05) is 33.3 Å². The number of hydrogen-bond donors (Lipinski definition) is 0. The standard InChI is InChI=1S/C18H12Cl2N2O5S/c1-27-15-6-5-11(22(25)26)7-10(15)8-16-17(23)21(18(24)28-16)9-12-13(19)3-2-4-14(12)20/h2-8H,9H2,1H3/b16-8-. The fourth-order valence-electron chi connectivity index (χ4n) is 2.57. The molecule has 3 rings (SSSR count). The van der Waals surface area contributed by atoms with Gasteiger partial charge in [0.05, 0.1) is 23.5 Å². The van der Waals surface area contributed by atoms with Crippen molar-refractivity contribution in [3.63, 3.8) is 0 Å². The molecule has 0 N–H and O–H groups in total. The largest absolute Gasteiger partial charge is 0.496 e. The molecule has 0 saturated carbocycles. The van der Waals surface area contributed by atoms with Gasteiger partial charge in [-0.2, -0.15) is 0 Å². The number of carbonyl (C=O) groups is 2. The maximum atomic E-state index is 12.7. The molecular weight excluding hydrogens is 427 g/mol. The molecule has 1 aliphatic rings. The molecule has 1 heterocycles. The summed E-state index contributed by atoms with van der Waals surface area (Å²) in [4.78, 5) is 36.7. The third-order valence-corrected chi connectivity index (χ3v) is 5.58. The van der Waals surface area contributed by atoms with Crippen LogP contribution in [0.2, 0.25) is 10.0 Å². The maximum Gasteiger partial charge on any atom is 0.293 e. The van der Waals surface area contributed by atoms with E-state index in [-0.39, 0.29) is 17.1 Å². The number of thioether (sulfide) groups is 1. The van der Waals surface area contributed by atoms with Crippen molar-refractivity contribution in [1.29, 1.82) is 0 Å². The van der Waals surface area contributed by atoms with Gasteiger partial charge in [-0.3, -0.25) is 24.6 Å². The summed E-state index contributed by atoms with van der Waals surface area (Å²) < 4.78 is 5.19. The van der Waals surface area contributed by atoms with E-state index in [1.807, 2.05) is 0 Å². The lowest BCUT2D eigenvalue weighted by atomic mass is 10.1. The summed E-state index contributed by atoms with van der Waals surface area (Å²) in [5.41, 5.74) is 0.620. The quantitative estimate of drug-likeness (QED) is 0.364. The summed E-state index contributed by atoms with van der Waals surface area (Å²) in [6.45, 7) is -0.0768. The first-order valence-corrected chi connectivity index (χ1v) is 9.39. The Morgan fingerprint density at radius 2 is 1.89 bits per heavy atom. The highest BCUT2D eigenvalue weighted by molar-refractivity contribution is 8.18. The number of nitro groups is 1. The Bertz CT molecular complexity index is 1000. The SMILES string of the molecule is COc1ccc([N+](=O)[O-])cc1/C=C1\SC(=O)N(Cc2c(Cl)cccc2Cl)C1=O. The maximum absolute atomic E-state index is 12.7. The van der Waals surface area contributed by atoms with Crippen LogP contribution in [0.25, 0.3) is 6.08 Å². The van der Waals surface area contributed by atoms with Crippen LogP contribution in [0.15, 0.2) is 41.3 Å². The molecule has 2 amide bonds. The third kappa shape index (κ3) is 3.99. The number of nitro benzene ring substituents is 1. The van der Waals surface area contributed by atoms with E-state index in [2.05, 4.69) is 0 Å². The Balaban J connectivity index is 1.94. The Morgan fingerprint density at radius 1 is 1.21 bits per heavy atom. The second kappa shape index (κ2) is 8.22. The highest BCUT2D eigenvalue weighted by Gasteiger charge is 2.36. The fraction of sp³-hybridized carbons (Fsp3) is 0.111. The van der Waals surface area contributed by atoms with Crippen molar-refractivity contribution in [2.75, 3.05) is 7.11 Å². The normalized spacial score (nSPS) is 15.4. The Kier molecular flexibility index (Phi) is 5.93. The molecule has 2 aromatic carbocycles. The molecule has 28 heavy (non-hydrogen) atoms. The zero-order valence-electron chi connectivity index (χ0n) is 14.3. The van der Waals surface area contributed by atoms with Crippen molar-refractivity contribution in [3.05, 3.63) is 72.6 Å². The molecule has 7 nitrogen and oxygen atoms in total. The van der Waals surface area contributed by atoms with Crippen molar-refractivity contribution < 1.29 is 19.2 Å². The average molecular weight is 439 g/mol. The second-order valence-corrected chi connectivity index (χ2v) is 7.46. The third-order valence-electron chi connectivity index (χ3n) is 3.96. The highest BCUT2D eigenvalue weighted by atomic mass is 35.5. The van der Waals surface area contributed by atoms with Crippen molar-refractivity contribution >= 4 is 57.9 Å². The van der Waals surface area contributed by atoms with E-state index in [4.69, 9.17) is 27.9 Å². The minimum absolute atomic E-state index is 0.0768. The van der Waals surface area contributed by atoms with E-state index < -0.39 is 16.1 Å². The Hall–Kier alpha value is -2.55. The smallest absolute Gasteiger partial charge is 0.293 e. The van der Waals surface area contributed by atoms with Crippen LogP contribution in [0.4, 0.5) is 10.5 Å². The van der Waals surface area contributed by atoms with Gasteiger partial charge in [0.1, 0.15) is 5.75 Å². The molecule has 0 aliphatic carbocycles. The van der Waals surface area contributed by atoms with Gasteiger partial charge < -0.3 is 4.74 Å². The topological polar surface area (TPSA) is 89.8 Å². The zero-order chi connectivity index (χ0) is 20.4. The molecule has 0 spiro atoms. The molecular formula is C18H12Cl2N2O5S. The summed E-state index contributed by atoms with van der Waals surface area (Å²) >= 11 is 13.0. The van der Waals surface area contributed by atoms with Crippen LogP contribution in [0, 0.1) is 10.1 Å². The monoisotopic (exact) mass is 438 g/mol. The van der Waals surface area contributed by atoms with Crippen molar-refractivity contribution in [3.8, 4) is 5.75 Å². The van der Waals surface area contributed by atoms with Crippen LogP contribution >= 0.6 is 35.0 Å². The van der Waals surface area contributed by atoms with Crippen molar-refractivity contribution in [2.24, 2.45) is 0 Å². The lowest BCUT2D eigenvalue weighted by molar-refractivity contribution is -0.384. The van der Waals surface area contributed by atoms with Gasteiger partial charge in [0.15, 0.2) is 0 Å². The van der Waals surface area contributed by atoms with Crippen LogP contribution in [0.1, 0.15) is 11.1 Å². The van der Waals surface area contributed by atoms with E-state index in [0.29, 0.717) is 26.9 Å². The van der Waals surface area contributed by atoms with Gasteiger partial charge >= 0.3 is 0 Å². The molecule has 144 valence electrons. The minimum Gasteiger partial charge on any atom is -0.496 e. The van der Waals surface area contributed by atoms with Gasteiger partial charge in [0.2, 0.25) is 0 Å². The molecule has 2 aromatic rings. The summed E-state index contributed by atoms with van der Waals surface area (Å²) in [7, 11) is 1.41. The highest BCUT2D eigenvalue weighted by Crippen LogP contribution is 2.37. The van der Waals surface area contributed by atoms with Crippen LogP contribution in [0.5, 0.6) is 5.75 Å². The number of ether oxygens (including phenoxy) is 1. The molecule has 1 aliphatic heterocycles. The van der Waals surface area contributed by atoms with Crippen molar-refractivity contribution in [1.82, 2.24) is 4.90 Å². The molecule has 0 radical (unpaired) electrons. The number of benzene rings is 2. The van der Waals surface area contributed by atoms with Crippen LogP contribution in [0.3, 0.4) is 0 Å². The number of carbonyl (C=O) groups excluding carboxylic acids is 2. The number of rotatable bonds is 5. The summed E-state index contributed by atoms with van der Waals surface area (Å²) in [6.07, 6.45) is 1.39.